The third-order valence-corrected chi connectivity index (χ3v) is 3.71. The molecule has 0 aromatic heterocycles. The average molecular weight is 319 g/mol. The molecule has 0 amide bonds. The van der Waals surface area contributed by atoms with Gasteiger partial charge in [-0.3, -0.25) is 0 Å². The number of benzene rings is 2. The van der Waals surface area contributed by atoms with Gasteiger partial charge in [0.2, 0.25) is 0 Å². The molecule has 1 aliphatic carbocycles. The second-order valence-corrected chi connectivity index (χ2v) is 5.69. The van der Waals surface area contributed by atoms with Gasteiger partial charge in [-0.15, -0.1) is 0 Å². The fourth-order valence-electron chi connectivity index (χ4n) is 2.40. The van der Waals surface area contributed by atoms with Gasteiger partial charge in [-0.05, 0) is 65.2 Å². The van der Waals surface area contributed by atoms with E-state index in [1.165, 1.54) is 22.3 Å². The van der Waals surface area contributed by atoms with E-state index in [-0.39, 0.29) is 0 Å². The number of thiocarbonyl (C=S) groups is 1. The van der Waals surface area contributed by atoms with Crippen molar-refractivity contribution >= 4 is 38.9 Å². The SMILES string of the molecule is NC(=S)Nc1ccc2c(c1)Cc1cc(Br)ccc1-2. The van der Waals surface area contributed by atoms with Crippen LogP contribution >= 0.6 is 28.1 Å². The molecule has 0 saturated heterocycles. The molecule has 0 spiro atoms. The summed E-state index contributed by atoms with van der Waals surface area (Å²) in [7, 11) is 0. The second kappa shape index (κ2) is 4.37. The third-order valence-electron chi connectivity index (χ3n) is 3.11. The molecule has 2 nitrogen and oxygen atoms in total. The molecule has 1 aliphatic rings. The van der Waals surface area contributed by atoms with E-state index in [1.54, 1.807) is 0 Å². The lowest BCUT2D eigenvalue weighted by molar-refractivity contribution is 1.26. The number of halogens is 1. The highest BCUT2D eigenvalue weighted by Crippen LogP contribution is 2.38. The molecule has 90 valence electrons. The minimum atomic E-state index is 0.299. The zero-order valence-electron chi connectivity index (χ0n) is 9.53. The summed E-state index contributed by atoms with van der Waals surface area (Å²) in [5, 5.41) is 3.27. The van der Waals surface area contributed by atoms with Gasteiger partial charge in [0.1, 0.15) is 0 Å². The molecule has 3 rings (SSSR count). The Bertz CT molecular complexity index is 652. The van der Waals surface area contributed by atoms with Crippen molar-refractivity contribution in [3.05, 3.63) is 52.0 Å². The summed E-state index contributed by atoms with van der Waals surface area (Å²) in [6, 6.07) is 12.7. The first-order valence-electron chi connectivity index (χ1n) is 5.61. The monoisotopic (exact) mass is 318 g/mol. The van der Waals surface area contributed by atoms with Crippen molar-refractivity contribution in [2.45, 2.75) is 6.42 Å². The van der Waals surface area contributed by atoms with Gasteiger partial charge in [0.05, 0.1) is 0 Å². The van der Waals surface area contributed by atoms with Crippen molar-refractivity contribution in [3.8, 4) is 11.1 Å². The normalized spacial score (nSPS) is 11.8. The average Bonchev–Trinajstić information content (AvgIpc) is 2.64. The minimum Gasteiger partial charge on any atom is -0.376 e. The number of fused-ring (bicyclic) bond motifs is 3. The van der Waals surface area contributed by atoms with E-state index in [1.807, 2.05) is 6.07 Å². The Balaban J connectivity index is 2.03. The predicted molar refractivity (Wildman–Crippen MR) is 82.8 cm³/mol. The highest BCUT2D eigenvalue weighted by atomic mass is 79.9. The fraction of sp³-hybridized carbons (Fsp3) is 0.0714. The summed E-state index contributed by atoms with van der Waals surface area (Å²) < 4.78 is 1.12. The van der Waals surface area contributed by atoms with Crippen LogP contribution in [0.2, 0.25) is 0 Å². The first-order valence-corrected chi connectivity index (χ1v) is 6.82. The number of hydrogen-bond donors (Lipinski definition) is 2. The van der Waals surface area contributed by atoms with Crippen molar-refractivity contribution in [3.63, 3.8) is 0 Å². The zero-order valence-corrected chi connectivity index (χ0v) is 11.9. The van der Waals surface area contributed by atoms with Gasteiger partial charge in [-0.1, -0.05) is 28.1 Å². The molecular weight excluding hydrogens is 308 g/mol. The molecule has 0 radical (unpaired) electrons. The Morgan fingerprint density at radius 1 is 1.11 bits per heavy atom. The van der Waals surface area contributed by atoms with E-state index in [4.69, 9.17) is 18.0 Å². The molecule has 0 aliphatic heterocycles. The maximum absolute atomic E-state index is 5.49. The predicted octanol–water partition coefficient (Wildman–Crippen LogP) is 3.68. The molecule has 4 heteroatoms. The standard InChI is InChI=1S/C14H11BrN2S/c15-10-1-3-12-8(6-10)5-9-7-11(17-14(16)18)2-4-13(9)12/h1-4,6-7H,5H2,(H3,16,17,18). The van der Waals surface area contributed by atoms with Crippen LogP contribution in [0.3, 0.4) is 0 Å². The Labute approximate surface area is 119 Å². The second-order valence-electron chi connectivity index (χ2n) is 4.34. The number of rotatable bonds is 1. The maximum atomic E-state index is 5.49. The van der Waals surface area contributed by atoms with E-state index in [0.29, 0.717) is 5.11 Å². The van der Waals surface area contributed by atoms with E-state index < -0.39 is 0 Å². The van der Waals surface area contributed by atoms with Crippen LogP contribution in [-0.4, -0.2) is 5.11 Å². The lowest BCUT2D eigenvalue weighted by Crippen LogP contribution is -2.18. The molecule has 0 unspecified atom stereocenters. The quantitative estimate of drug-likeness (QED) is 0.672. The van der Waals surface area contributed by atoms with Crippen LogP contribution in [0.25, 0.3) is 11.1 Å². The van der Waals surface area contributed by atoms with Crippen molar-refractivity contribution < 1.29 is 0 Å². The van der Waals surface area contributed by atoms with Crippen molar-refractivity contribution in [2.24, 2.45) is 5.73 Å². The number of nitrogens with one attached hydrogen (secondary N) is 1. The smallest absolute Gasteiger partial charge is 0.168 e. The van der Waals surface area contributed by atoms with Crippen LogP contribution < -0.4 is 11.1 Å². The molecule has 0 heterocycles. The topological polar surface area (TPSA) is 38.0 Å². The van der Waals surface area contributed by atoms with Gasteiger partial charge in [0, 0.05) is 10.2 Å². The van der Waals surface area contributed by atoms with E-state index in [0.717, 1.165) is 16.6 Å². The molecule has 3 N–H and O–H groups in total. The van der Waals surface area contributed by atoms with Gasteiger partial charge in [0.15, 0.2) is 5.11 Å². The van der Waals surface area contributed by atoms with Crippen LogP contribution in [0.5, 0.6) is 0 Å². The van der Waals surface area contributed by atoms with Gasteiger partial charge in [0.25, 0.3) is 0 Å². The fourth-order valence-corrected chi connectivity index (χ4v) is 2.93. The number of hydrogen-bond acceptors (Lipinski definition) is 1. The highest BCUT2D eigenvalue weighted by Gasteiger charge is 2.18. The van der Waals surface area contributed by atoms with E-state index >= 15 is 0 Å². The molecule has 2 aromatic carbocycles. The largest absolute Gasteiger partial charge is 0.376 e. The third kappa shape index (κ3) is 2.02. The molecule has 0 saturated carbocycles. The minimum absolute atomic E-state index is 0.299. The summed E-state index contributed by atoms with van der Waals surface area (Å²) in [6.45, 7) is 0. The molecule has 18 heavy (non-hydrogen) atoms. The molecule has 0 bridgehead atoms. The summed E-state index contributed by atoms with van der Waals surface area (Å²) >= 11 is 8.36. The van der Waals surface area contributed by atoms with Crippen LogP contribution in [0.1, 0.15) is 11.1 Å². The summed E-state index contributed by atoms with van der Waals surface area (Å²) in [5.41, 5.74) is 11.7. The van der Waals surface area contributed by atoms with E-state index in [2.05, 4.69) is 51.6 Å². The first-order chi connectivity index (χ1) is 8.63. The zero-order chi connectivity index (χ0) is 12.7. The van der Waals surface area contributed by atoms with Crippen LogP contribution in [-0.2, 0) is 6.42 Å². The van der Waals surface area contributed by atoms with Crippen molar-refractivity contribution in [2.75, 3.05) is 5.32 Å². The molecule has 0 fully saturated rings. The van der Waals surface area contributed by atoms with E-state index in [9.17, 15) is 0 Å². The van der Waals surface area contributed by atoms with Crippen LogP contribution in [0.15, 0.2) is 40.9 Å². The Kier molecular flexibility index (Phi) is 2.84. The molecule has 2 aromatic rings. The summed E-state index contributed by atoms with van der Waals surface area (Å²) in [6.07, 6.45) is 0.955. The Morgan fingerprint density at radius 2 is 1.78 bits per heavy atom. The van der Waals surface area contributed by atoms with Gasteiger partial charge in [-0.2, -0.15) is 0 Å². The lowest BCUT2D eigenvalue weighted by Gasteiger charge is -2.06. The van der Waals surface area contributed by atoms with Crippen molar-refractivity contribution in [1.29, 1.82) is 0 Å². The van der Waals surface area contributed by atoms with Crippen molar-refractivity contribution in [1.82, 2.24) is 0 Å². The molecular formula is C14H11BrN2S. The molecule has 0 atom stereocenters. The Hall–Kier alpha value is -1.39. The lowest BCUT2D eigenvalue weighted by atomic mass is 10.1. The highest BCUT2D eigenvalue weighted by molar-refractivity contribution is 9.10. The van der Waals surface area contributed by atoms with Crippen LogP contribution in [0, 0.1) is 0 Å². The first kappa shape index (κ1) is 11.7. The summed E-state index contributed by atoms with van der Waals surface area (Å²) in [4.78, 5) is 0. The van der Waals surface area contributed by atoms with Gasteiger partial charge in [-0.25, -0.2) is 0 Å². The number of nitrogens with two attached hydrogens (primary N) is 1. The van der Waals surface area contributed by atoms with Gasteiger partial charge >= 0.3 is 0 Å². The number of anilines is 1. The Morgan fingerprint density at radius 3 is 2.50 bits per heavy atom. The maximum Gasteiger partial charge on any atom is 0.168 e. The van der Waals surface area contributed by atoms with Gasteiger partial charge < -0.3 is 11.1 Å². The summed E-state index contributed by atoms with van der Waals surface area (Å²) in [5.74, 6) is 0. The van der Waals surface area contributed by atoms with Crippen LogP contribution in [0.4, 0.5) is 5.69 Å².